The van der Waals surface area contributed by atoms with E-state index < -0.39 is 0 Å². The van der Waals surface area contributed by atoms with Crippen molar-refractivity contribution in [3.8, 4) is 11.3 Å². The number of rotatable bonds is 7. The molecule has 1 N–H and O–H groups in total. The zero-order valence-corrected chi connectivity index (χ0v) is 16.0. The third-order valence-electron chi connectivity index (χ3n) is 4.25. The van der Waals surface area contributed by atoms with Crippen LogP contribution in [0.3, 0.4) is 0 Å². The maximum Gasteiger partial charge on any atom is 0.132 e. The fraction of sp³-hybridized carbons (Fsp3) is 0.182. The highest BCUT2D eigenvalue weighted by Crippen LogP contribution is 2.31. The van der Waals surface area contributed by atoms with Gasteiger partial charge >= 0.3 is 0 Å². The normalized spacial score (nSPS) is 10.6. The first kappa shape index (κ1) is 19.1. The van der Waals surface area contributed by atoms with Crippen molar-refractivity contribution in [2.45, 2.75) is 6.42 Å². The molecule has 138 valence electrons. The molecule has 3 aromatic rings. The average molecular weight is 380 g/mol. The lowest BCUT2D eigenvalue weighted by atomic mass is 10.1. The Labute approximate surface area is 164 Å². The Hall–Kier alpha value is -2.69. The molecule has 27 heavy (non-hydrogen) atoms. The highest BCUT2D eigenvalue weighted by Gasteiger charge is 2.16. The summed E-state index contributed by atoms with van der Waals surface area (Å²) < 4.78 is 5.20. The minimum atomic E-state index is 0.445. The molecular weight excluding hydrogens is 358 g/mol. The molecule has 5 heteroatoms. The van der Waals surface area contributed by atoms with Gasteiger partial charge in [0.05, 0.1) is 10.7 Å². The third-order valence-corrected chi connectivity index (χ3v) is 4.58. The molecule has 0 saturated carbocycles. The molecule has 1 heterocycles. The van der Waals surface area contributed by atoms with E-state index in [0.29, 0.717) is 24.0 Å². The molecule has 0 aliphatic carbocycles. The largest absolute Gasteiger partial charge is 0.385 e. The smallest absolute Gasteiger partial charge is 0.132 e. The Morgan fingerprint density at radius 1 is 1.07 bits per heavy atom. The van der Waals surface area contributed by atoms with Gasteiger partial charge in [-0.1, -0.05) is 48.0 Å². The second-order valence-electron chi connectivity index (χ2n) is 6.09. The van der Waals surface area contributed by atoms with Gasteiger partial charge in [-0.15, -0.1) is 0 Å². The first-order chi connectivity index (χ1) is 13.2. The van der Waals surface area contributed by atoms with Crippen LogP contribution in [0.15, 0.2) is 72.9 Å². The van der Waals surface area contributed by atoms with Crippen molar-refractivity contribution in [2.75, 3.05) is 25.2 Å². The molecule has 0 aliphatic heterocycles. The van der Waals surface area contributed by atoms with Gasteiger partial charge in [0.1, 0.15) is 5.84 Å². The standard InChI is InChI=1S/C22H22ClN3O/c1-27-15-7-14-26(22(24)17-8-3-2-4-9-17)18-11-12-20(23)19(16-18)21-10-5-6-13-25-21/h2-6,8-13,16,24H,7,14-15H2,1H3. The summed E-state index contributed by atoms with van der Waals surface area (Å²) in [5, 5.41) is 9.36. The van der Waals surface area contributed by atoms with E-state index in [4.69, 9.17) is 21.7 Å². The van der Waals surface area contributed by atoms with Crippen LogP contribution >= 0.6 is 11.6 Å². The summed E-state index contributed by atoms with van der Waals surface area (Å²) >= 11 is 6.43. The van der Waals surface area contributed by atoms with Gasteiger partial charge in [-0.2, -0.15) is 0 Å². The molecule has 1 aromatic heterocycles. The maximum absolute atomic E-state index is 8.73. The Morgan fingerprint density at radius 2 is 1.85 bits per heavy atom. The minimum Gasteiger partial charge on any atom is -0.385 e. The molecule has 0 radical (unpaired) electrons. The van der Waals surface area contributed by atoms with Crippen LogP contribution in [0.1, 0.15) is 12.0 Å². The number of nitrogens with one attached hydrogen (secondary N) is 1. The van der Waals surface area contributed by atoms with Gasteiger partial charge in [-0.05, 0) is 36.8 Å². The van der Waals surface area contributed by atoms with Gasteiger partial charge in [-0.25, -0.2) is 0 Å². The molecular formula is C22H22ClN3O. The van der Waals surface area contributed by atoms with E-state index in [1.54, 1.807) is 13.3 Å². The van der Waals surface area contributed by atoms with Crippen molar-refractivity contribution in [2.24, 2.45) is 0 Å². The molecule has 0 unspecified atom stereocenters. The summed E-state index contributed by atoms with van der Waals surface area (Å²) in [6.07, 6.45) is 2.56. The molecule has 0 saturated heterocycles. The van der Waals surface area contributed by atoms with Gasteiger partial charge < -0.3 is 9.64 Å². The molecule has 0 bridgehead atoms. The maximum atomic E-state index is 8.73. The van der Waals surface area contributed by atoms with Crippen LogP contribution in [0, 0.1) is 5.41 Å². The number of nitrogens with zero attached hydrogens (tertiary/aromatic N) is 2. The van der Waals surface area contributed by atoms with Crippen molar-refractivity contribution >= 4 is 23.1 Å². The number of halogens is 1. The van der Waals surface area contributed by atoms with Crippen LogP contribution in [-0.4, -0.2) is 31.1 Å². The van der Waals surface area contributed by atoms with E-state index in [2.05, 4.69) is 4.98 Å². The molecule has 0 fully saturated rings. The third kappa shape index (κ3) is 4.73. The van der Waals surface area contributed by atoms with E-state index in [1.165, 1.54) is 0 Å². The summed E-state index contributed by atoms with van der Waals surface area (Å²) in [6.45, 7) is 1.31. The lowest BCUT2D eigenvalue weighted by molar-refractivity contribution is 0.197. The van der Waals surface area contributed by atoms with E-state index in [1.807, 2.05) is 71.6 Å². The van der Waals surface area contributed by atoms with Gasteiger partial charge in [0, 0.05) is 43.3 Å². The summed E-state index contributed by atoms with van der Waals surface area (Å²) in [7, 11) is 1.69. The Kier molecular flexibility index (Phi) is 6.58. The molecule has 0 aliphatic rings. The number of hydrogen-bond acceptors (Lipinski definition) is 3. The van der Waals surface area contributed by atoms with E-state index in [-0.39, 0.29) is 0 Å². The molecule has 2 aromatic carbocycles. The molecule has 0 atom stereocenters. The van der Waals surface area contributed by atoms with Gasteiger partial charge in [0.2, 0.25) is 0 Å². The predicted molar refractivity (Wildman–Crippen MR) is 112 cm³/mol. The number of benzene rings is 2. The van der Waals surface area contributed by atoms with E-state index in [0.717, 1.165) is 28.9 Å². The fourth-order valence-corrected chi connectivity index (χ4v) is 3.10. The fourth-order valence-electron chi connectivity index (χ4n) is 2.89. The predicted octanol–water partition coefficient (Wildman–Crippen LogP) is 5.27. The van der Waals surface area contributed by atoms with Crippen LogP contribution in [0.25, 0.3) is 11.3 Å². The summed E-state index contributed by atoms with van der Waals surface area (Å²) in [6, 6.07) is 21.3. The number of hydrogen-bond donors (Lipinski definition) is 1. The monoisotopic (exact) mass is 379 g/mol. The molecule has 4 nitrogen and oxygen atoms in total. The number of aromatic nitrogens is 1. The van der Waals surface area contributed by atoms with Crippen molar-refractivity contribution in [3.05, 3.63) is 83.5 Å². The minimum absolute atomic E-state index is 0.445. The summed E-state index contributed by atoms with van der Waals surface area (Å²) in [4.78, 5) is 6.40. The Bertz CT molecular complexity index is 885. The topological polar surface area (TPSA) is 49.2 Å². The van der Waals surface area contributed by atoms with Crippen LogP contribution in [-0.2, 0) is 4.74 Å². The molecule has 0 spiro atoms. The average Bonchev–Trinajstić information content (AvgIpc) is 2.73. The number of ether oxygens (including phenoxy) is 1. The summed E-state index contributed by atoms with van der Waals surface area (Å²) in [5.41, 5.74) is 3.44. The highest BCUT2D eigenvalue weighted by atomic mass is 35.5. The van der Waals surface area contributed by atoms with Crippen molar-refractivity contribution in [1.29, 1.82) is 5.41 Å². The Balaban J connectivity index is 1.98. The van der Waals surface area contributed by atoms with E-state index >= 15 is 0 Å². The van der Waals surface area contributed by atoms with Crippen molar-refractivity contribution in [3.63, 3.8) is 0 Å². The second kappa shape index (κ2) is 9.31. The van der Waals surface area contributed by atoms with Gasteiger partial charge in [0.25, 0.3) is 0 Å². The second-order valence-corrected chi connectivity index (χ2v) is 6.50. The summed E-state index contributed by atoms with van der Waals surface area (Å²) in [5.74, 6) is 0.445. The number of amidine groups is 1. The van der Waals surface area contributed by atoms with Crippen molar-refractivity contribution in [1.82, 2.24) is 4.98 Å². The lowest BCUT2D eigenvalue weighted by Crippen LogP contribution is -2.32. The SMILES string of the molecule is COCCCN(C(=N)c1ccccc1)c1ccc(Cl)c(-c2ccccn2)c1. The lowest BCUT2D eigenvalue weighted by Gasteiger charge is -2.26. The first-order valence-corrected chi connectivity index (χ1v) is 9.20. The van der Waals surface area contributed by atoms with Crippen molar-refractivity contribution < 1.29 is 4.74 Å². The number of pyridine rings is 1. The molecule has 3 rings (SSSR count). The van der Waals surface area contributed by atoms with Crippen LogP contribution in [0.2, 0.25) is 5.02 Å². The number of anilines is 1. The highest BCUT2D eigenvalue weighted by molar-refractivity contribution is 6.33. The molecule has 0 amide bonds. The Morgan fingerprint density at radius 3 is 2.56 bits per heavy atom. The number of methoxy groups -OCH3 is 1. The zero-order chi connectivity index (χ0) is 19.1. The quantitative estimate of drug-likeness (QED) is 0.345. The van der Waals surface area contributed by atoms with Crippen LogP contribution < -0.4 is 4.90 Å². The first-order valence-electron chi connectivity index (χ1n) is 8.82. The van der Waals surface area contributed by atoms with Gasteiger partial charge in [-0.3, -0.25) is 10.4 Å². The zero-order valence-electron chi connectivity index (χ0n) is 15.2. The van der Waals surface area contributed by atoms with E-state index in [9.17, 15) is 0 Å². The van der Waals surface area contributed by atoms with Crippen LogP contribution in [0.5, 0.6) is 0 Å². The van der Waals surface area contributed by atoms with Crippen LogP contribution in [0.4, 0.5) is 5.69 Å². The van der Waals surface area contributed by atoms with Gasteiger partial charge in [0.15, 0.2) is 0 Å².